The van der Waals surface area contributed by atoms with E-state index in [1.54, 1.807) is 28.4 Å². The predicted molar refractivity (Wildman–Crippen MR) is 199 cm³/mol. The van der Waals surface area contributed by atoms with E-state index in [1.165, 1.54) is 64.2 Å². The number of rotatable bonds is 4. The van der Waals surface area contributed by atoms with Crippen molar-refractivity contribution in [3.05, 3.63) is 33.9 Å². The lowest BCUT2D eigenvalue weighted by Crippen LogP contribution is -2.64. The molecule has 51 heavy (non-hydrogen) atoms. The molecule has 9 rings (SSSR count). The molecule has 0 aromatic heterocycles. The van der Waals surface area contributed by atoms with Crippen LogP contribution in [0.25, 0.3) is 0 Å². The van der Waals surface area contributed by atoms with E-state index in [0.717, 1.165) is 31.3 Å². The molecular weight excluding hydrogens is 634 g/mol. The number of hydrogen-bond acceptors (Lipinski definition) is 6. The molecule has 282 valence electrons. The molecular formula is C45H67NO5. The Balaban J connectivity index is 1.09. The van der Waals surface area contributed by atoms with Gasteiger partial charge in [-0.1, -0.05) is 62.8 Å². The molecule has 0 aromatic carbocycles. The monoisotopic (exact) mass is 702 g/mol. The number of carbonyl (C=O) groups excluding carboxylic acids is 1. The minimum atomic E-state index is -1.10. The normalized spacial score (nSPS) is 50.1. The third-order valence-electron chi connectivity index (χ3n) is 18.2. The fourth-order valence-corrected chi connectivity index (χ4v) is 16.4. The van der Waals surface area contributed by atoms with Crippen LogP contribution in [0.3, 0.4) is 0 Å². The summed E-state index contributed by atoms with van der Waals surface area (Å²) in [7, 11) is 1.84. The molecule has 0 saturated heterocycles. The molecule has 6 heteroatoms. The molecule has 1 spiro atoms. The van der Waals surface area contributed by atoms with Crippen molar-refractivity contribution in [2.24, 2.45) is 69.5 Å². The molecule has 6 saturated carbocycles. The molecule has 9 aliphatic rings. The molecule has 5 N–H and O–H groups in total. The summed E-state index contributed by atoms with van der Waals surface area (Å²) in [5, 5.41) is 51.5. The van der Waals surface area contributed by atoms with Crippen LogP contribution in [0.4, 0.5) is 0 Å². The smallest absolute Gasteiger partial charge is 0.159 e. The fraction of sp³-hybridized carbons (Fsp3) is 0.844. The van der Waals surface area contributed by atoms with Gasteiger partial charge in [0.15, 0.2) is 5.78 Å². The van der Waals surface area contributed by atoms with Crippen LogP contribution in [0.5, 0.6) is 0 Å². The van der Waals surface area contributed by atoms with Gasteiger partial charge in [0.1, 0.15) is 0 Å². The van der Waals surface area contributed by atoms with Gasteiger partial charge >= 0.3 is 0 Å². The average molecular weight is 702 g/mol. The lowest BCUT2D eigenvalue weighted by atomic mass is 9.43. The summed E-state index contributed by atoms with van der Waals surface area (Å²) in [5.41, 5.74) is 6.09. The van der Waals surface area contributed by atoms with Crippen molar-refractivity contribution in [3.63, 3.8) is 0 Å². The van der Waals surface area contributed by atoms with Gasteiger partial charge in [-0.25, -0.2) is 0 Å². The van der Waals surface area contributed by atoms with Crippen LogP contribution in [-0.2, 0) is 4.79 Å². The third kappa shape index (κ3) is 4.61. The van der Waals surface area contributed by atoms with Crippen LogP contribution in [0.2, 0.25) is 0 Å². The highest BCUT2D eigenvalue weighted by Gasteiger charge is 2.69. The molecule has 0 unspecified atom stereocenters. The van der Waals surface area contributed by atoms with E-state index in [-0.39, 0.29) is 41.3 Å². The Labute approximate surface area is 307 Å². The van der Waals surface area contributed by atoms with E-state index < -0.39 is 34.7 Å². The number of aliphatic hydroxyl groups is 4. The number of carbonyl (C=O) groups is 1. The maximum atomic E-state index is 14.2. The third-order valence-corrected chi connectivity index (χ3v) is 18.2. The minimum Gasteiger partial charge on any atom is -0.392 e. The maximum Gasteiger partial charge on any atom is 0.159 e. The molecule has 0 aliphatic heterocycles. The minimum absolute atomic E-state index is 0.00739. The van der Waals surface area contributed by atoms with Crippen LogP contribution in [0.1, 0.15) is 130 Å². The summed E-state index contributed by atoms with van der Waals surface area (Å²) < 4.78 is 0. The predicted octanol–water partition coefficient (Wildman–Crippen LogP) is 7.06. The number of ketones is 1. The van der Waals surface area contributed by atoms with E-state index in [4.69, 9.17) is 0 Å². The number of nitrogens with one attached hydrogen (secondary N) is 1. The summed E-state index contributed by atoms with van der Waals surface area (Å²) in [6.45, 7) is 9.73. The maximum absolute atomic E-state index is 14.2. The Kier molecular flexibility index (Phi) is 8.39. The molecule has 0 aromatic rings. The second-order valence-corrected chi connectivity index (χ2v) is 20.4. The van der Waals surface area contributed by atoms with E-state index in [1.807, 2.05) is 7.05 Å². The fourth-order valence-electron chi connectivity index (χ4n) is 16.4. The number of allylic oxidation sites excluding steroid dienone is 3. The first-order valence-corrected chi connectivity index (χ1v) is 21.4. The topological polar surface area (TPSA) is 110 Å². The molecule has 0 amide bonds. The molecule has 9 aliphatic carbocycles. The summed E-state index contributed by atoms with van der Waals surface area (Å²) >= 11 is 0. The van der Waals surface area contributed by atoms with Crippen LogP contribution >= 0.6 is 0 Å². The van der Waals surface area contributed by atoms with Crippen LogP contribution in [0.15, 0.2) is 33.9 Å². The first kappa shape index (κ1) is 35.4. The number of hydrogen-bond donors (Lipinski definition) is 5. The van der Waals surface area contributed by atoms with Gasteiger partial charge in [0.05, 0.1) is 23.9 Å². The van der Waals surface area contributed by atoms with Gasteiger partial charge in [0.25, 0.3) is 0 Å². The van der Waals surface area contributed by atoms with Crippen molar-refractivity contribution >= 4 is 5.78 Å². The van der Waals surface area contributed by atoms with Gasteiger partial charge in [0.2, 0.25) is 0 Å². The van der Waals surface area contributed by atoms with Gasteiger partial charge < -0.3 is 25.7 Å². The molecule has 6 fully saturated rings. The Morgan fingerprint density at radius 1 is 0.902 bits per heavy atom. The van der Waals surface area contributed by atoms with Crippen molar-refractivity contribution in [2.45, 2.75) is 154 Å². The first-order chi connectivity index (χ1) is 24.3. The van der Waals surface area contributed by atoms with Crippen molar-refractivity contribution < 1.29 is 25.2 Å². The van der Waals surface area contributed by atoms with Gasteiger partial charge in [-0.2, -0.15) is 0 Å². The van der Waals surface area contributed by atoms with Crippen LogP contribution in [-0.4, -0.2) is 63.7 Å². The van der Waals surface area contributed by atoms with Crippen molar-refractivity contribution in [1.29, 1.82) is 0 Å². The lowest BCUT2D eigenvalue weighted by molar-refractivity contribution is -0.170. The van der Waals surface area contributed by atoms with Crippen molar-refractivity contribution in [2.75, 3.05) is 13.6 Å². The summed E-state index contributed by atoms with van der Waals surface area (Å²) in [5.74, 6) is 1.29. The zero-order valence-electron chi connectivity index (χ0n) is 32.2. The van der Waals surface area contributed by atoms with Gasteiger partial charge in [-0.05, 0) is 149 Å². The SMILES string of the molecule is CNC[C@@H]1[C@@H](O)[C@@H](O)C[C@@]2(C)[C@@H]1C(=O)C=C1[C@@H]2CC[C@]2(C)[C@@H]([C@@H]3C[C@H]4CCCC5=C4[C@H](C(C(C)C)=C4CCCC6(CCCC6)[C@H]45)[C@H]3O)CC[C@@]12O. The zero-order chi connectivity index (χ0) is 35.8. The Morgan fingerprint density at radius 2 is 1.63 bits per heavy atom. The molecule has 0 radical (unpaired) electrons. The lowest BCUT2D eigenvalue weighted by Gasteiger charge is -2.62. The highest BCUT2D eigenvalue weighted by Crippen LogP contribution is 2.71. The first-order valence-electron chi connectivity index (χ1n) is 21.4. The van der Waals surface area contributed by atoms with Crippen molar-refractivity contribution in [3.8, 4) is 0 Å². The largest absolute Gasteiger partial charge is 0.392 e. The van der Waals surface area contributed by atoms with E-state index in [2.05, 4.69) is 33.0 Å². The average Bonchev–Trinajstić information content (AvgIpc) is 3.66. The quantitative estimate of drug-likeness (QED) is 0.201. The second-order valence-electron chi connectivity index (χ2n) is 20.4. The summed E-state index contributed by atoms with van der Waals surface area (Å²) in [4.78, 5) is 14.2. The van der Waals surface area contributed by atoms with E-state index in [9.17, 15) is 25.2 Å². The van der Waals surface area contributed by atoms with E-state index >= 15 is 0 Å². The molecule has 0 bridgehead atoms. The number of aliphatic hydroxyl groups excluding tert-OH is 3. The molecule has 6 nitrogen and oxygen atoms in total. The zero-order valence-corrected chi connectivity index (χ0v) is 32.2. The second kappa shape index (κ2) is 12.1. The van der Waals surface area contributed by atoms with Gasteiger partial charge in [-0.15, -0.1) is 0 Å². The summed E-state index contributed by atoms with van der Waals surface area (Å²) in [6.07, 6.45) is 17.4. The highest BCUT2D eigenvalue weighted by molar-refractivity contribution is 5.95. The van der Waals surface area contributed by atoms with Gasteiger partial charge in [0, 0.05) is 35.6 Å². The van der Waals surface area contributed by atoms with Crippen LogP contribution < -0.4 is 5.32 Å². The molecule has 14 atom stereocenters. The Hall–Kier alpha value is -1.31. The van der Waals surface area contributed by atoms with Gasteiger partial charge in [-0.3, -0.25) is 4.79 Å². The Bertz CT molecular complexity index is 1540. The number of fused-ring (bicyclic) bond motifs is 8. The summed E-state index contributed by atoms with van der Waals surface area (Å²) in [6, 6.07) is 0. The van der Waals surface area contributed by atoms with E-state index in [0.29, 0.717) is 42.6 Å². The highest BCUT2D eigenvalue weighted by atomic mass is 16.3. The van der Waals surface area contributed by atoms with Crippen molar-refractivity contribution in [1.82, 2.24) is 5.32 Å². The standard InChI is InChI=1S/C45H67NO5/c1-24(2)35-26-12-9-17-44(15-6-7-16-44)38(26)27-11-8-10-25-20-28(41(50)37(35)36(25)27)30-14-19-45(51)32-21-33(47)39-29(23-46-5)40(49)34(48)22-42(39,3)31(32)13-18-43(30,45)4/h21,24-25,28-31,34,37-41,46,48-51H,6-20,22-23H2,1-5H3/t25-,28+,29+,30-,31+,34+,37+,38-,39+,40-,41+,42-,43-,45-/m1/s1. The van der Waals surface area contributed by atoms with Crippen LogP contribution in [0, 0.1) is 69.5 Å². The Morgan fingerprint density at radius 3 is 2.35 bits per heavy atom. The molecule has 0 heterocycles.